The molecular weight excluding hydrogens is 262 g/mol. The molecule has 0 aliphatic heterocycles. The number of ether oxygens (including phenoxy) is 4. The minimum Gasteiger partial charge on any atom is -0.493 e. The maximum atomic E-state index is 11.4. The molecular formula is C14H21NO5. The zero-order chi connectivity index (χ0) is 15.0. The summed E-state index contributed by atoms with van der Waals surface area (Å²) < 4.78 is 20.8. The molecule has 1 aromatic rings. The van der Waals surface area contributed by atoms with Gasteiger partial charge in [0.1, 0.15) is 6.04 Å². The summed E-state index contributed by atoms with van der Waals surface area (Å²) in [7, 11) is 6.18. The predicted octanol–water partition coefficient (Wildman–Crippen LogP) is 1.23. The van der Waals surface area contributed by atoms with Crippen molar-refractivity contribution in [2.45, 2.75) is 12.5 Å². The second-order valence-electron chi connectivity index (χ2n) is 3.99. The number of para-hydroxylation sites is 1. The van der Waals surface area contributed by atoms with Gasteiger partial charge in [0.25, 0.3) is 0 Å². The molecule has 0 fully saturated rings. The normalized spacial score (nSPS) is 11.6. The standard InChI is InChI=1S/C14H21NO5/c1-15-10(14(16)19-4)8-9-20-13-11(17-2)6-5-7-12(13)18-3/h5-7,10,15H,8-9H2,1-4H3. The summed E-state index contributed by atoms with van der Waals surface area (Å²) in [6.07, 6.45) is 0.477. The van der Waals surface area contributed by atoms with Crippen molar-refractivity contribution in [1.29, 1.82) is 0 Å². The van der Waals surface area contributed by atoms with Gasteiger partial charge in [-0.1, -0.05) is 6.07 Å². The van der Waals surface area contributed by atoms with E-state index in [4.69, 9.17) is 14.2 Å². The van der Waals surface area contributed by atoms with E-state index in [2.05, 4.69) is 10.1 Å². The lowest BCUT2D eigenvalue weighted by Crippen LogP contribution is -2.36. The molecule has 0 saturated heterocycles. The number of esters is 1. The Kier molecular flexibility index (Phi) is 6.66. The van der Waals surface area contributed by atoms with Crippen LogP contribution in [0.4, 0.5) is 0 Å². The van der Waals surface area contributed by atoms with Crippen LogP contribution in [0, 0.1) is 0 Å². The van der Waals surface area contributed by atoms with Crippen molar-refractivity contribution >= 4 is 5.97 Å². The highest BCUT2D eigenvalue weighted by atomic mass is 16.5. The molecule has 1 unspecified atom stereocenters. The van der Waals surface area contributed by atoms with E-state index in [1.54, 1.807) is 33.4 Å². The second kappa shape index (κ2) is 8.27. The summed E-state index contributed by atoms with van der Waals surface area (Å²) in [5.74, 6) is 1.38. The maximum absolute atomic E-state index is 11.4. The Labute approximate surface area is 119 Å². The Morgan fingerprint density at radius 1 is 1.20 bits per heavy atom. The number of carbonyl (C=O) groups excluding carboxylic acids is 1. The lowest BCUT2D eigenvalue weighted by molar-refractivity contribution is -0.143. The van der Waals surface area contributed by atoms with E-state index in [0.29, 0.717) is 30.3 Å². The molecule has 0 saturated carbocycles. The maximum Gasteiger partial charge on any atom is 0.322 e. The Balaban J connectivity index is 2.67. The minimum atomic E-state index is -0.402. The highest BCUT2D eigenvalue weighted by Gasteiger charge is 2.18. The number of hydrogen-bond acceptors (Lipinski definition) is 6. The van der Waals surface area contributed by atoms with Gasteiger partial charge < -0.3 is 24.3 Å². The molecule has 1 atom stereocenters. The summed E-state index contributed by atoms with van der Waals surface area (Å²) in [6, 6.07) is 4.98. The molecule has 0 bridgehead atoms. The first kappa shape index (κ1) is 16.1. The van der Waals surface area contributed by atoms with Crippen molar-refractivity contribution in [2.75, 3.05) is 35.0 Å². The molecule has 6 heteroatoms. The number of benzene rings is 1. The SMILES string of the molecule is CNC(CCOc1c(OC)cccc1OC)C(=O)OC. The number of carbonyl (C=O) groups is 1. The van der Waals surface area contributed by atoms with Crippen LogP contribution in [0.1, 0.15) is 6.42 Å². The van der Waals surface area contributed by atoms with E-state index in [1.165, 1.54) is 7.11 Å². The molecule has 1 aromatic carbocycles. The molecule has 6 nitrogen and oxygen atoms in total. The molecule has 1 N–H and O–H groups in total. The Morgan fingerprint density at radius 3 is 2.25 bits per heavy atom. The zero-order valence-electron chi connectivity index (χ0n) is 12.3. The molecule has 0 spiro atoms. The van der Waals surface area contributed by atoms with Crippen LogP contribution in [0.2, 0.25) is 0 Å². The van der Waals surface area contributed by atoms with Gasteiger partial charge in [-0.25, -0.2) is 0 Å². The number of methoxy groups -OCH3 is 3. The van der Waals surface area contributed by atoms with Crippen LogP contribution in [0.3, 0.4) is 0 Å². The first-order valence-electron chi connectivity index (χ1n) is 6.26. The lowest BCUT2D eigenvalue weighted by atomic mass is 10.2. The molecule has 0 heterocycles. The van der Waals surface area contributed by atoms with E-state index in [1.807, 2.05) is 6.07 Å². The quantitative estimate of drug-likeness (QED) is 0.724. The summed E-state index contributed by atoms with van der Waals surface area (Å²) >= 11 is 0. The average molecular weight is 283 g/mol. The first-order valence-corrected chi connectivity index (χ1v) is 6.26. The van der Waals surface area contributed by atoms with Gasteiger partial charge in [0.2, 0.25) is 5.75 Å². The molecule has 0 aliphatic rings. The van der Waals surface area contributed by atoms with Crippen LogP contribution in [-0.2, 0) is 9.53 Å². The van der Waals surface area contributed by atoms with Crippen molar-refractivity contribution < 1.29 is 23.7 Å². The van der Waals surface area contributed by atoms with Crippen LogP contribution >= 0.6 is 0 Å². The van der Waals surface area contributed by atoms with Gasteiger partial charge in [0.05, 0.1) is 27.9 Å². The van der Waals surface area contributed by atoms with Crippen molar-refractivity contribution in [3.05, 3.63) is 18.2 Å². The summed E-state index contributed by atoms with van der Waals surface area (Å²) in [5.41, 5.74) is 0. The average Bonchev–Trinajstić information content (AvgIpc) is 2.50. The van der Waals surface area contributed by atoms with Gasteiger partial charge >= 0.3 is 5.97 Å². The van der Waals surface area contributed by atoms with E-state index in [-0.39, 0.29) is 5.97 Å². The largest absolute Gasteiger partial charge is 0.493 e. The van der Waals surface area contributed by atoms with Crippen LogP contribution in [0.15, 0.2) is 18.2 Å². The fourth-order valence-corrected chi connectivity index (χ4v) is 1.76. The Morgan fingerprint density at radius 2 is 1.80 bits per heavy atom. The van der Waals surface area contributed by atoms with Gasteiger partial charge in [0.15, 0.2) is 11.5 Å². The molecule has 112 valence electrons. The lowest BCUT2D eigenvalue weighted by Gasteiger charge is -2.16. The summed E-state index contributed by atoms with van der Waals surface area (Å²) in [4.78, 5) is 11.4. The monoisotopic (exact) mass is 283 g/mol. The van der Waals surface area contributed by atoms with Crippen molar-refractivity contribution in [3.63, 3.8) is 0 Å². The topological polar surface area (TPSA) is 66.0 Å². The van der Waals surface area contributed by atoms with Crippen molar-refractivity contribution in [3.8, 4) is 17.2 Å². The first-order chi connectivity index (χ1) is 9.67. The van der Waals surface area contributed by atoms with Gasteiger partial charge in [-0.2, -0.15) is 0 Å². The Hall–Kier alpha value is -1.95. The summed E-state index contributed by atoms with van der Waals surface area (Å²) in [6.45, 7) is 0.331. The van der Waals surface area contributed by atoms with E-state index in [9.17, 15) is 4.79 Å². The van der Waals surface area contributed by atoms with Gasteiger partial charge in [-0.05, 0) is 19.2 Å². The molecule has 0 radical (unpaired) electrons. The van der Waals surface area contributed by atoms with Crippen LogP contribution < -0.4 is 19.5 Å². The second-order valence-corrected chi connectivity index (χ2v) is 3.99. The highest BCUT2D eigenvalue weighted by Crippen LogP contribution is 2.36. The molecule has 0 aromatic heterocycles. The molecule has 1 rings (SSSR count). The van der Waals surface area contributed by atoms with Crippen LogP contribution in [-0.4, -0.2) is 47.0 Å². The Bertz CT molecular complexity index is 413. The highest BCUT2D eigenvalue weighted by molar-refractivity contribution is 5.75. The van der Waals surface area contributed by atoms with Crippen molar-refractivity contribution in [1.82, 2.24) is 5.32 Å². The fourth-order valence-electron chi connectivity index (χ4n) is 1.76. The minimum absolute atomic E-state index is 0.317. The zero-order valence-corrected chi connectivity index (χ0v) is 12.3. The summed E-state index contributed by atoms with van der Waals surface area (Å²) in [5, 5.41) is 2.88. The van der Waals surface area contributed by atoms with Gasteiger partial charge in [-0.15, -0.1) is 0 Å². The fraction of sp³-hybridized carbons (Fsp3) is 0.500. The number of rotatable bonds is 8. The van der Waals surface area contributed by atoms with E-state index in [0.717, 1.165) is 0 Å². The molecule has 20 heavy (non-hydrogen) atoms. The molecule has 0 amide bonds. The van der Waals surface area contributed by atoms with E-state index < -0.39 is 6.04 Å². The van der Waals surface area contributed by atoms with Crippen LogP contribution in [0.25, 0.3) is 0 Å². The van der Waals surface area contributed by atoms with Gasteiger partial charge in [-0.3, -0.25) is 4.79 Å². The molecule has 0 aliphatic carbocycles. The van der Waals surface area contributed by atoms with Gasteiger partial charge in [0, 0.05) is 6.42 Å². The number of likely N-dealkylation sites (N-methyl/N-ethyl adjacent to an activating group) is 1. The third kappa shape index (κ3) is 4.03. The third-order valence-corrected chi connectivity index (χ3v) is 2.87. The number of hydrogen-bond donors (Lipinski definition) is 1. The predicted molar refractivity (Wildman–Crippen MR) is 74.5 cm³/mol. The van der Waals surface area contributed by atoms with Crippen molar-refractivity contribution in [2.24, 2.45) is 0 Å². The third-order valence-electron chi connectivity index (χ3n) is 2.87. The van der Waals surface area contributed by atoms with E-state index >= 15 is 0 Å². The number of nitrogens with one attached hydrogen (secondary N) is 1. The smallest absolute Gasteiger partial charge is 0.322 e. The van der Waals surface area contributed by atoms with Crippen LogP contribution in [0.5, 0.6) is 17.2 Å².